The zero-order chi connectivity index (χ0) is 16.5. The van der Waals surface area contributed by atoms with Gasteiger partial charge >= 0.3 is 0 Å². The highest BCUT2D eigenvalue weighted by Gasteiger charge is 2.39. The number of ether oxygens (including phenoxy) is 1. The average molecular weight is 314 g/mol. The summed E-state index contributed by atoms with van der Waals surface area (Å²) in [5, 5.41) is 0. The third-order valence-corrected chi connectivity index (χ3v) is 4.17. The smallest absolute Gasteiger partial charge is 0.178 e. The number of rotatable bonds is 3. The molecule has 0 bridgehead atoms. The molecular formula is C21H14O3. The predicted octanol–water partition coefficient (Wildman–Crippen LogP) is 4.64. The van der Waals surface area contributed by atoms with Crippen LogP contribution in [0.3, 0.4) is 0 Å². The number of para-hydroxylation sites is 1. The maximum absolute atomic E-state index is 12.5. The van der Waals surface area contributed by atoms with E-state index in [0.717, 1.165) is 5.75 Å². The standard InChI is InChI=1S/C21H14O3/c22-20-17-8-4-5-9-18(17)21(23)19(20)14-10-12-16(13-11-14)24-15-6-2-1-3-7-15/h1-13,19H. The highest BCUT2D eigenvalue weighted by molar-refractivity contribution is 6.29. The van der Waals surface area contributed by atoms with Crippen LogP contribution < -0.4 is 4.74 Å². The van der Waals surface area contributed by atoms with E-state index in [4.69, 9.17) is 4.74 Å². The lowest BCUT2D eigenvalue weighted by molar-refractivity contribution is 0.0890. The Hall–Kier alpha value is -3.20. The van der Waals surface area contributed by atoms with Gasteiger partial charge in [0.05, 0.1) is 0 Å². The quantitative estimate of drug-likeness (QED) is 0.661. The monoisotopic (exact) mass is 314 g/mol. The summed E-state index contributed by atoms with van der Waals surface area (Å²) in [5.41, 5.74) is 1.72. The summed E-state index contributed by atoms with van der Waals surface area (Å²) in [6.45, 7) is 0. The number of ketones is 2. The van der Waals surface area contributed by atoms with Crippen LogP contribution >= 0.6 is 0 Å². The summed E-state index contributed by atoms with van der Waals surface area (Å²) in [4.78, 5) is 25.1. The summed E-state index contributed by atoms with van der Waals surface area (Å²) in [6, 6.07) is 23.6. The number of fused-ring (bicyclic) bond motifs is 1. The van der Waals surface area contributed by atoms with E-state index in [1.165, 1.54) is 0 Å². The van der Waals surface area contributed by atoms with Crippen LogP contribution in [0.1, 0.15) is 32.2 Å². The first-order chi connectivity index (χ1) is 11.7. The molecule has 1 aliphatic carbocycles. The Labute approximate surface area is 139 Å². The largest absolute Gasteiger partial charge is 0.457 e. The van der Waals surface area contributed by atoms with Crippen molar-refractivity contribution in [3.63, 3.8) is 0 Å². The summed E-state index contributed by atoms with van der Waals surface area (Å²) in [5.74, 6) is 0.402. The van der Waals surface area contributed by atoms with Crippen molar-refractivity contribution in [2.24, 2.45) is 0 Å². The summed E-state index contributed by atoms with van der Waals surface area (Å²) >= 11 is 0. The number of benzene rings is 3. The number of Topliss-reactive ketones (excluding diaryl/α,β-unsaturated/α-hetero) is 2. The molecule has 3 aromatic carbocycles. The fourth-order valence-corrected chi connectivity index (χ4v) is 3.00. The number of hydrogen-bond acceptors (Lipinski definition) is 3. The molecule has 24 heavy (non-hydrogen) atoms. The lowest BCUT2D eigenvalue weighted by atomic mass is 9.94. The van der Waals surface area contributed by atoms with Crippen molar-refractivity contribution in [1.82, 2.24) is 0 Å². The van der Waals surface area contributed by atoms with Gasteiger partial charge in [0.15, 0.2) is 11.6 Å². The zero-order valence-electron chi connectivity index (χ0n) is 12.8. The van der Waals surface area contributed by atoms with Gasteiger partial charge < -0.3 is 4.74 Å². The summed E-state index contributed by atoms with van der Waals surface area (Å²) in [6.07, 6.45) is 0. The van der Waals surface area contributed by atoms with Gasteiger partial charge in [-0.25, -0.2) is 0 Å². The maximum atomic E-state index is 12.5. The molecule has 0 saturated heterocycles. The highest BCUT2D eigenvalue weighted by atomic mass is 16.5. The highest BCUT2D eigenvalue weighted by Crippen LogP contribution is 2.34. The third-order valence-electron chi connectivity index (χ3n) is 4.17. The molecule has 0 aliphatic heterocycles. The zero-order valence-corrected chi connectivity index (χ0v) is 12.8. The normalized spacial score (nSPS) is 13.8. The van der Waals surface area contributed by atoms with Crippen molar-refractivity contribution in [3.8, 4) is 11.5 Å². The van der Waals surface area contributed by atoms with Crippen LogP contribution in [-0.4, -0.2) is 11.6 Å². The first kappa shape index (κ1) is 14.4. The Bertz CT molecular complexity index is 876. The lowest BCUT2D eigenvalue weighted by Crippen LogP contribution is -2.12. The third kappa shape index (κ3) is 2.40. The molecule has 0 heterocycles. The van der Waals surface area contributed by atoms with Crippen molar-refractivity contribution in [2.75, 3.05) is 0 Å². The van der Waals surface area contributed by atoms with E-state index in [0.29, 0.717) is 22.4 Å². The average Bonchev–Trinajstić information content (AvgIpc) is 2.88. The van der Waals surface area contributed by atoms with E-state index in [1.807, 2.05) is 30.3 Å². The molecule has 0 fully saturated rings. The van der Waals surface area contributed by atoms with Crippen molar-refractivity contribution in [3.05, 3.63) is 95.6 Å². The van der Waals surface area contributed by atoms with Crippen LogP contribution in [0.25, 0.3) is 0 Å². The number of carbonyl (C=O) groups excluding carboxylic acids is 2. The van der Waals surface area contributed by atoms with E-state index >= 15 is 0 Å². The molecular weight excluding hydrogens is 300 g/mol. The minimum atomic E-state index is -0.742. The van der Waals surface area contributed by atoms with Crippen LogP contribution in [0.2, 0.25) is 0 Å². The molecule has 0 aromatic heterocycles. The molecule has 0 atom stereocenters. The van der Waals surface area contributed by atoms with Crippen molar-refractivity contribution >= 4 is 11.6 Å². The lowest BCUT2D eigenvalue weighted by Gasteiger charge is -2.09. The summed E-state index contributed by atoms with van der Waals surface area (Å²) < 4.78 is 5.74. The second-order valence-corrected chi connectivity index (χ2v) is 5.69. The van der Waals surface area contributed by atoms with Gasteiger partial charge in [-0.3, -0.25) is 9.59 Å². The van der Waals surface area contributed by atoms with Gasteiger partial charge in [-0.05, 0) is 29.8 Å². The molecule has 0 saturated carbocycles. The molecule has 0 radical (unpaired) electrons. The van der Waals surface area contributed by atoms with E-state index in [9.17, 15) is 9.59 Å². The Morgan fingerprint density at radius 1 is 0.583 bits per heavy atom. The molecule has 116 valence electrons. The van der Waals surface area contributed by atoms with Crippen LogP contribution in [0.5, 0.6) is 11.5 Å². The maximum Gasteiger partial charge on any atom is 0.178 e. The van der Waals surface area contributed by atoms with Crippen LogP contribution in [0.4, 0.5) is 0 Å². The summed E-state index contributed by atoms with van der Waals surface area (Å²) in [7, 11) is 0. The fourth-order valence-electron chi connectivity index (χ4n) is 3.00. The number of hydrogen-bond donors (Lipinski definition) is 0. The Balaban J connectivity index is 1.60. The van der Waals surface area contributed by atoms with E-state index < -0.39 is 5.92 Å². The minimum Gasteiger partial charge on any atom is -0.457 e. The molecule has 3 aromatic rings. The van der Waals surface area contributed by atoms with E-state index in [-0.39, 0.29) is 11.6 Å². The molecule has 1 aliphatic rings. The number of carbonyl (C=O) groups is 2. The fraction of sp³-hybridized carbons (Fsp3) is 0.0476. The Morgan fingerprint density at radius 2 is 1.08 bits per heavy atom. The van der Waals surface area contributed by atoms with Crippen molar-refractivity contribution in [2.45, 2.75) is 5.92 Å². The molecule has 4 rings (SSSR count). The van der Waals surface area contributed by atoms with Gasteiger partial charge in [0.25, 0.3) is 0 Å². The Kier molecular flexibility index (Phi) is 3.47. The topological polar surface area (TPSA) is 43.4 Å². The van der Waals surface area contributed by atoms with E-state index in [1.54, 1.807) is 48.5 Å². The SMILES string of the molecule is O=C1c2ccccc2C(=O)C1c1ccc(Oc2ccccc2)cc1. The Morgan fingerprint density at radius 3 is 1.67 bits per heavy atom. The first-order valence-electron chi connectivity index (χ1n) is 7.74. The van der Waals surface area contributed by atoms with E-state index in [2.05, 4.69) is 0 Å². The molecule has 0 N–H and O–H groups in total. The van der Waals surface area contributed by atoms with Gasteiger partial charge in [0.1, 0.15) is 17.4 Å². The predicted molar refractivity (Wildman–Crippen MR) is 90.8 cm³/mol. The minimum absolute atomic E-state index is 0.132. The van der Waals surface area contributed by atoms with Gasteiger partial charge in [-0.15, -0.1) is 0 Å². The molecule has 3 nitrogen and oxygen atoms in total. The second-order valence-electron chi connectivity index (χ2n) is 5.69. The van der Waals surface area contributed by atoms with Gasteiger partial charge in [-0.1, -0.05) is 54.6 Å². The van der Waals surface area contributed by atoms with Gasteiger partial charge in [0.2, 0.25) is 0 Å². The molecule has 0 amide bonds. The van der Waals surface area contributed by atoms with Crippen molar-refractivity contribution in [1.29, 1.82) is 0 Å². The van der Waals surface area contributed by atoms with Crippen LogP contribution in [0.15, 0.2) is 78.9 Å². The second kappa shape index (κ2) is 5.78. The molecule has 0 unspecified atom stereocenters. The van der Waals surface area contributed by atoms with Crippen LogP contribution in [-0.2, 0) is 0 Å². The first-order valence-corrected chi connectivity index (χ1v) is 7.74. The van der Waals surface area contributed by atoms with Crippen LogP contribution in [0, 0.1) is 0 Å². The van der Waals surface area contributed by atoms with Gasteiger partial charge in [0, 0.05) is 11.1 Å². The molecule has 3 heteroatoms. The van der Waals surface area contributed by atoms with Crippen molar-refractivity contribution < 1.29 is 14.3 Å². The molecule has 0 spiro atoms. The van der Waals surface area contributed by atoms with Gasteiger partial charge in [-0.2, -0.15) is 0 Å².